The molecule has 30 heavy (non-hydrogen) atoms. The van der Waals surface area contributed by atoms with Crippen molar-refractivity contribution in [1.82, 2.24) is 10.1 Å². The smallest absolute Gasteiger partial charge is 0.455 e. The monoisotopic (exact) mass is 444 g/mol. The molecule has 1 fully saturated rings. The molecule has 162 valence electrons. The molecule has 0 spiro atoms. The van der Waals surface area contributed by atoms with Crippen LogP contribution in [-0.2, 0) is 40.0 Å². The van der Waals surface area contributed by atoms with E-state index < -0.39 is 29.8 Å². The highest BCUT2D eigenvalue weighted by molar-refractivity contribution is 7.12. The Bertz CT molecular complexity index is 968. The van der Waals surface area contributed by atoms with Crippen molar-refractivity contribution in [2.45, 2.75) is 51.3 Å². The molecule has 1 saturated carbocycles. The number of carbonyl (C=O) groups is 2. The van der Waals surface area contributed by atoms with Gasteiger partial charge in [-0.2, -0.15) is 18.2 Å². The summed E-state index contributed by atoms with van der Waals surface area (Å²) in [6, 6.07) is 0. The number of alkyl halides is 3. The summed E-state index contributed by atoms with van der Waals surface area (Å²) >= 11 is 1.27. The molecule has 0 radical (unpaired) electrons. The zero-order valence-corrected chi connectivity index (χ0v) is 16.6. The predicted molar refractivity (Wildman–Crippen MR) is 97.8 cm³/mol. The molecule has 0 saturated heterocycles. The van der Waals surface area contributed by atoms with Crippen molar-refractivity contribution in [2.75, 3.05) is 6.61 Å². The minimum atomic E-state index is -4.74. The zero-order chi connectivity index (χ0) is 21.5. The van der Waals surface area contributed by atoms with E-state index >= 15 is 0 Å². The zero-order valence-electron chi connectivity index (χ0n) is 15.8. The number of carboxylic acid groups (broad SMARTS) is 1. The van der Waals surface area contributed by atoms with E-state index in [1.165, 1.54) is 11.3 Å². The van der Waals surface area contributed by atoms with Gasteiger partial charge in [0, 0.05) is 22.1 Å². The van der Waals surface area contributed by atoms with Crippen LogP contribution in [0.3, 0.4) is 0 Å². The second-order valence-electron chi connectivity index (χ2n) is 7.50. The first-order valence-electron chi connectivity index (χ1n) is 9.63. The number of Topliss-reactive ketones (excluding diaryl/α,β-unsaturated/α-hetero) is 1. The Morgan fingerprint density at radius 2 is 1.93 bits per heavy atom. The van der Waals surface area contributed by atoms with Crippen molar-refractivity contribution in [3.63, 3.8) is 0 Å². The van der Waals surface area contributed by atoms with Gasteiger partial charge in [-0.25, -0.2) is 0 Å². The van der Waals surface area contributed by atoms with Crippen molar-refractivity contribution in [3.8, 4) is 11.5 Å². The second-order valence-corrected chi connectivity index (χ2v) is 8.69. The van der Waals surface area contributed by atoms with Gasteiger partial charge in [-0.05, 0) is 24.8 Å². The van der Waals surface area contributed by atoms with Gasteiger partial charge in [-0.1, -0.05) is 18.0 Å². The number of halogens is 3. The second kappa shape index (κ2) is 8.10. The van der Waals surface area contributed by atoms with Gasteiger partial charge in [-0.15, -0.1) is 11.3 Å². The topological polar surface area (TPSA) is 103 Å². The van der Waals surface area contributed by atoms with E-state index in [-0.39, 0.29) is 18.1 Å². The number of rotatable bonds is 5. The normalized spacial score (nSPS) is 22.0. The summed E-state index contributed by atoms with van der Waals surface area (Å²) in [5.41, 5.74) is 1.11. The van der Waals surface area contributed by atoms with Crippen LogP contribution in [-0.4, -0.2) is 33.6 Å². The van der Waals surface area contributed by atoms with Crippen molar-refractivity contribution in [3.05, 3.63) is 21.1 Å². The Labute approximate surface area is 173 Å². The Kier molecular flexibility index (Phi) is 5.67. The first-order chi connectivity index (χ1) is 14.3. The van der Waals surface area contributed by atoms with E-state index in [0.717, 1.165) is 23.3 Å². The molecule has 2 aliphatic rings. The van der Waals surface area contributed by atoms with E-state index in [4.69, 9.17) is 9.26 Å². The number of hydrogen-bond donors (Lipinski definition) is 1. The quantitative estimate of drug-likeness (QED) is 0.746. The first-order valence-corrected chi connectivity index (χ1v) is 10.4. The van der Waals surface area contributed by atoms with E-state index in [1.54, 1.807) is 0 Å². The molecule has 11 heteroatoms. The highest BCUT2D eigenvalue weighted by Gasteiger charge is 2.39. The van der Waals surface area contributed by atoms with E-state index in [1.807, 2.05) is 0 Å². The summed E-state index contributed by atoms with van der Waals surface area (Å²) in [4.78, 5) is 29.4. The molecule has 2 aromatic heterocycles. The lowest BCUT2D eigenvalue weighted by molar-refractivity contribution is -0.148. The molecular weight excluding hydrogens is 425 g/mol. The number of carbonyl (C=O) groups excluding carboxylic acids is 1. The van der Waals surface area contributed by atoms with Gasteiger partial charge in [0.05, 0.1) is 24.7 Å². The minimum absolute atomic E-state index is 0.0782. The molecule has 3 heterocycles. The average molecular weight is 444 g/mol. The molecule has 0 bridgehead atoms. The Hall–Kier alpha value is -2.27. The van der Waals surface area contributed by atoms with Crippen LogP contribution in [0, 0.1) is 11.8 Å². The number of aromatic nitrogens is 2. The highest BCUT2D eigenvalue weighted by Crippen LogP contribution is 2.41. The fraction of sp³-hybridized carbons (Fsp3) is 0.579. The van der Waals surface area contributed by atoms with Crippen molar-refractivity contribution in [2.24, 2.45) is 11.8 Å². The van der Waals surface area contributed by atoms with Crippen LogP contribution in [0.4, 0.5) is 13.2 Å². The van der Waals surface area contributed by atoms with Crippen LogP contribution < -0.4 is 0 Å². The summed E-state index contributed by atoms with van der Waals surface area (Å²) in [5, 5.41) is 12.5. The summed E-state index contributed by atoms with van der Waals surface area (Å²) < 4.78 is 49.2. The SMILES string of the molecule is O=C(O)[C@@H]1CCCC[C@H]1C(=O)Cc1sc2c(c1-c1nc(C(F)(F)F)no1)CCOC2. The van der Waals surface area contributed by atoms with Crippen LogP contribution in [0.5, 0.6) is 0 Å². The number of hydrogen-bond acceptors (Lipinski definition) is 7. The predicted octanol–water partition coefficient (Wildman–Crippen LogP) is 3.89. The lowest BCUT2D eigenvalue weighted by Crippen LogP contribution is -2.33. The van der Waals surface area contributed by atoms with Crippen molar-refractivity contribution >= 4 is 23.1 Å². The third-order valence-corrected chi connectivity index (χ3v) is 6.82. The molecule has 0 aromatic carbocycles. The molecule has 2 aromatic rings. The molecule has 7 nitrogen and oxygen atoms in total. The fourth-order valence-corrected chi connectivity index (χ4v) is 5.50. The highest BCUT2D eigenvalue weighted by atomic mass is 32.1. The van der Waals surface area contributed by atoms with Crippen LogP contribution >= 0.6 is 11.3 Å². The first kappa shape index (κ1) is 21.0. The minimum Gasteiger partial charge on any atom is -0.481 e. The van der Waals surface area contributed by atoms with Gasteiger partial charge in [0.1, 0.15) is 5.78 Å². The standard InChI is InChI=1S/C19H19F3N2O5S/c20-19(21,22)18-23-16(29-24-18)15-11-5-6-28-8-14(11)30-13(15)7-12(25)9-3-1-2-4-10(9)17(26)27/h9-10H,1-8H2,(H,26,27)/t9-,10-/m1/s1. The lowest BCUT2D eigenvalue weighted by Gasteiger charge is -2.27. The maximum atomic E-state index is 13.0. The number of carboxylic acids is 1. The Morgan fingerprint density at radius 3 is 2.60 bits per heavy atom. The van der Waals surface area contributed by atoms with Crippen LogP contribution in [0.1, 0.15) is 46.8 Å². The summed E-state index contributed by atoms with van der Waals surface area (Å²) in [6.45, 7) is 0.691. The maximum absolute atomic E-state index is 13.0. The van der Waals surface area contributed by atoms with Crippen LogP contribution in [0.15, 0.2) is 4.52 Å². The molecule has 2 atom stereocenters. The van der Waals surface area contributed by atoms with E-state index in [2.05, 4.69) is 10.1 Å². The third-order valence-electron chi connectivity index (χ3n) is 5.62. The molecule has 1 N–H and O–H groups in total. The van der Waals surface area contributed by atoms with Crippen LogP contribution in [0.2, 0.25) is 0 Å². The maximum Gasteiger partial charge on any atom is 0.455 e. The fourth-order valence-electron chi connectivity index (χ4n) is 4.20. The third kappa shape index (κ3) is 4.00. The van der Waals surface area contributed by atoms with Gasteiger partial charge >= 0.3 is 12.1 Å². The molecule has 0 amide bonds. The number of ketones is 1. The Balaban J connectivity index is 1.68. The molecule has 4 rings (SSSR count). The van der Waals surface area contributed by atoms with Crippen molar-refractivity contribution in [1.29, 1.82) is 0 Å². The lowest BCUT2D eigenvalue weighted by atomic mass is 9.76. The van der Waals surface area contributed by atoms with Crippen LogP contribution in [0.25, 0.3) is 11.5 Å². The molecular formula is C19H19F3N2O5S. The number of thiophene rings is 1. The molecule has 1 aliphatic carbocycles. The number of aliphatic carboxylic acids is 1. The number of ether oxygens (including phenoxy) is 1. The van der Waals surface area contributed by atoms with Gasteiger partial charge in [0.2, 0.25) is 0 Å². The molecule has 0 unspecified atom stereocenters. The Morgan fingerprint density at radius 1 is 1.20 bits per heavy atom. The number of nitrogens with zero attached hydrogens (tertiary/aromatic N) is 2. The van der Waals surface area contributed by atoms with Crippen molar-refractivity contribution < 1.29 is 37.1 Å². The van der Waals surface area contributed by atoms with Gasteiger partial charge in [-0.3, -0.25) is 9.59 Å². The molecule has 1 aliphatic heterocycles. The van der Waals surface area contributed by atoms with E-state index in [0.29, 0.717) is 42.9 Å². The summed E-state index contributed by atoms with van der Waals surface area (Å²) in [5.74, 6) is -4.19. The number of fused-ring (bicyclic) bond motifs is 1. The van der Waals surface area contributed by atoms with Gasteiger partial charge in [0.15, 0.2) is 0 Å². The summed E-state index contributed by atoms with van der Waals surface area (Å²) in [6.07, 6.45) is -1.87. The average Bonchev–Trinajstić information content (AvgIpc) is 3.32. The van der Waals surface area contributed by atoms with Gasteiger partial charge < -0.3 is 14.4 Å². The van der Waals surface area contributed by atoms with E-state index in [9.17, 15) is 27.9 Å². The van der Waals surface area contributed by atoms with Gasteiger partial charge in [0.25, 0.3) is 11.7 Å². The largest absolute Gasteiger partial charge is 0.481 e. The summed E-state index contributed by atoms with van der Waals surface area (Å²) in [7, 11) is 0.